The average Bonchev–Trinajstić information content (AvgIpc) is 3.17. The normalized spacial score (nSPS) is 11.6. The third-order valence-corrected chi connectivity index (χ3v) is 4.27. The van der Waals surface area contributed by atoms with Gasteiger partial charge in [-0.25, -0.2) is 17.6 Å². The molecule has 0 saturated carbocycles. The summed E-state index contributed by atoms with van der Waals surface area (Å²) in [7, 11) is 1.40. The Morgan fingerprint density at radius 1 is 1.17 bits per heavy atom. The van der Waals surface area contributed by atoms with Crippen molar-refractivity contribution >= 4 is 11.9 Å². The monoisotopic (exact) mass is 419 g/mol. The lowest BCUT2D eigenvalue weighted by atomic mass is 10.1. The molecular formula is C21H17F4N3O2. The number of hydrogen-bond acceptors (Lipinski definition) is 4. The molecule has 3 aromatic rings. The molecule has 0 aliphatic carbocycles. The largest absolute Gasteiger partial charge is 0.496 e. The number of pyridine rings is 1. The Hall–Kier alpha value is -3.49. The number of ether oxygens (including phenoxy) is 1. The van der Waals surface area contributed by atoms with Crippen LogP contribution in [-0.2, 0) is 6.54 Å². The van der Waals surface area contributed by atoms with E-state index in [2.05, 4.69) is 10.1 Å². The van der Waals surface area contributed by atoms with Gasteiger partial charge in [0.1, 0.15) is 17.1 Å². The lowest BCUT2D eigenvalue weighted by molar-refractivity contribution is 0.104. The molecule has 3 rings (SSSR count). The first-order valence-electron chi connectivity index (χ1n) is 8.82. The molecule has 2 aromatic heterocycles. The van der Waals surface area contributed by atoms with Gasteiger partial charge in [-0.1, -0.05) is 12.1 Å². The molecule has 9 heteroatoms. The zero-order chi connectivity index (χ0) is 21.7. The molecular weight excluding hydrogens is 402 g/mol. The van der Waals surface area contributed by atoms with Gasteiger partial charge in [0.15, 0.2) is 5.78 Å². The fraction of sp³-hybridized carbons (Fsp3) is 0.190. The summed E-state index contributed by atoms with van der Waals surface area (Å²) in [6, 6.07) is 8.86. The number of benzene rings is 1. The first-order chi connectivity index (χ1) is 14.4. The van der Waals surface area contributed by atoms with Crippen LogP contribution < -0.4 is 4.74 Å². The van der Waals surface area contributed by atoms with Crippen LogP contribution in [0.25, 0.3) is 6.08 Å². The minimum Gasteiger partial charge on any atom is -0.496 e. The predicted molar refractivity (Wildman–Crippen MR) is 102 cm³/mol. The van der Waals surface area contributed by atoms with E-state index < -0.39 is 24.2 Å². The summed E-state index contributed by atoms with van der Waals surface area (Å²) in [6.07, 6.45) is -0.0140. The number of alkyl halides is 4. The van der Waals surface area contributed by atoms with Crippen molar-refractivity contribution < 1.29 is 27.1 Å². The van der Waals surface area contributed by atoms with Crippen molar-refractivity contribution in [3.63, 3.8) is 0 Å². The molecule has 0 radical (unpaired) electrons. The van der Waals surface area contributed by atoms with Gasteiger partial charge in [-0.05, 0) is 42.0 Å². The van der Waals surface area contributed by atoms with Gasteiger partial charge in [0, 0.05) is 23.5 Å². The van der Waals surface area contributed by atoms with Crippen molar-refractivity contribution in [2.45, 2.75) is 19.4 Å². The maximum atomic E-state index is 13.2. The molecule has 30 heavy (non-hydrogen) atoms. The number of aromatic nitrogens is 3. The van der Waals surface area contributed by atoms with Crippen LogP contribution in [0.2, 0.25) is 0 Å². The summed E-state index contributed by atoms with van der Waals surface area (Å²) in [5.74, 6) is 0.120. The first-order valence-corrected chi connectivity index (χ1v) is 8.82. The number of allylic oxidation sites excluding steroid dienone is 1. The fourth-order valence-corrected chi connectivity index (χ4v) is 2.82. The maximum Gasteiger partial charge on any atom is 0.282 e. The third-order valence-electron chi connectivity index (χ3n) is 4.27. The Morgan fingerprint density at radius 3 is 2.60 bits per heavy atom. The zero-order valence-electron chi connectivity index (χ0n) is 15.8. The Balaban J connectivity index is 1.89. The standard InChI is InChI=1S/C21H17F4N3O2/c1-30-19-7-5-13(4-6-18(29)14-3-2-8-26-11-14)9-15(19)12-28-17(21(24)25)10-16(27-28)20(22)23/h2-11,20-21H,12H2,1H3/b6-4+. The molecule has 0 aliphatic heterocycles. The van der Waals surface area contributed by atoms with Crippen LogP contribution in [0.1, 0.15) is 45.7 Å². The van der Waals surface area contributed by atoms with E-state index in [4.69, 9.17) is 4.74 Å². The summed E-state index contributed by atoms with van der Waals surface area (Å²) in [6.45, 7) is -0.201. The number of nitrogens with zero attached hydrogens (tertiary/aromatic N) is 3. The molecule has 0 fully saturated rings. The Kier molecular flexibility index (Phi) is 6.61. The van der Waals surface area contributed by atoms with Gasteiger partial charge in [-0.3, -0.25) is 14.5 Å². The van der Waals surface area contributed by atoms with E-state index in [1.807, 2.05) is 0 Å². The first kappa shape index (κ1) is 21.2. The van der Waals surface area contributed by atoms with Crippen molar-refractivity contribution in [2.75, 3.05) is 7.11 Å². The van der Waals surface area contributed by atoms with Crippen molar-refractivity contribution in [1.29, 1.82) is 0 Å². The molecule has 2 heterocycles. The summed E-state index contributed by atoms with van der Waals surface area (Å²) >= 11 is 0. The van der Waals surface area contributed by atoms with Crippen LogP contribution in [0.4, 0.5) is 17.6 Å². The number of carbonyl (C=O) groups is 1. The number of halogens is 4. The molecule has 1 aromatic carbocycles. The van der Waals surface area contributed by atoms with E-state index in [1.54, 1.807) is 42.6 Å². The van der Waals surface area contributed by atoms with Crippen molar-refractivity contribution in [2.24, 2.45) is 0 Å². The highest BCUT2D eigenvalue weighted by Gasteiger charge is 2.22. The van der Waals surface area contributed by atoms with Crippen LogP contribution in [0.15, 0.2) is 54.9 Å². The second-order valence-electron chi connectivity index (χ2n) is 6.26. The SMILES string of the molecule is COc1ccc(/C=C/C(=O)c2cccnc2)cc1Cn1nc(C(F)F)cc1C(F)F. The van der Waals surface area contributed by atoms with Gasteiger partial charge in [0.2, 0.25) is 0 Å². The molecule has 156 valence electrons. The minimum absolute atomic E-state index is 0.201. The molecule has 0 saturated heterocycles. The highest BCUT2D eigenvalue weighted by Crippen LogP contribution is 2.28. The van der Waals surface area contributed by atoms with Gasteiger partial charge in [-0.2, -0.15) is 5.10 Å². The van der Waals surface area contributed by atoms with Gasteiger partial charge in [0.05, 0.1) is 13.7 Å². The number of rotatable bonds is 8. The smallest absolute Gasteiger partial charge is 0.282 e. The van der Waals surface area contributed by atoms with E-state index in [0.29, 0.717) is 28.5 Å². The second-order valence-corrected chi connectivity index (χ2v) is 6.26. The van der Waals surface area contributed by atoms with Crippen molar-refractivity contribution in [1.82, 2.24) is 14.8 Å². The third kappa shape index (κ3) is 4.91. The molecule has 0 atom stereocenters. The van der Waals surface area contributed by atoms with Gasteiger partial charge in [0.25, 0.3) is 12.9 Å². The zero-order valence-corrected chi connectivity index (χ0v) is 15.8. The van der Waals surface area contributed by atoms with Gasteiger partial charge >= 0.3 is 0 Å². The average molecular weight is 419 g/mol. The maximum absolute atomic E-state index is 13.2. The van der Waals surface area contributed by atoms with E-state index in [1.165, 1.54) is 19.4 Å². The van der Waals surface area contributed by atoms with Gasteiger partial charge in [-0.15, -0.1) is 0 Å². The van der Waals surface area contributed by atoms with Gasteiger partial charge < -0.3 is 4.74 Å². The molecule has 5 nitrogen and oxygen atoms in total. The summed E-state index contributed by atoms with van der Waals surface area (Å²) in [4.78, 5) is 16.1. The fourth-order valence-electron chi connectivity index (χ4n) is 2.82. The van der Waals surface area contributed by atoms with Crippen LogP contribution >= 0.6 is 0 Å². The highest BCUT2D eigenvalue weighted by molar-refractivity contribution is 6.06. The number of methoxy groups -OCH3 is 1. The molecule has 0 unspecified atom stereocenters. The topological polar surface area (TPSA) is 57.0 Å². The van der Waals surface area contributed by atoms with E-state index >= 15 is 0 Å². The van der Waals surface area contributed by atoms with Crippen LogP contribution in [-0.4, -0.2) is 27.7 Å². The lowest BCUT2D eigenvalue weighted by Gasteiger charge is -2.12. The Labute approximate surface area is 169 Å². The molecule has 0 aliphatic rings. The summed E-state index contributed by atoms with van der Waals surface area (Å²) in [5, 5.41) is 3.60. The summed E-state index contributed by atoms with van der Waals surface area (Å²) < 4.78 is 58.4. The van der Waals surface area contributed by atoms with Crippen LogP contribution in [0.3, 0.4) is 0 Å². The second kappa shape index (κ2) is 9.34. The van der Waals surface area contributed by atoms with Crippen LogP contribution in [0.5, 0.6) is 5.75 Å². The Morgan fingerprint density at radius 2 is 1.97 bits per heavy atom. The van der Waals surface area contributed by atoms with E-state index in [0.717, 1.165) is 4.68 Å². The molecule has 0 amide bonds. The number of hydrogen-bond donors (Lipinski definition) is 0. The highest BCUT2D eigenvalue weighted by atomic mass is 19.3. The van der Waals surface area contributed by atoms with E-state index in [-0.39, 0.29) is 12.3 Å². The molecule has 0 bridgehead atoms. The molecule has 0 N–H and O–H groups in total. The Bertz CT molecular complexity index is 1050. The van der Waals surface area contributed by atoms with Crippen molar-refractivity contribution in [3.05, 3.63) is 82.9 Å². The number of carbonyl (C=O) groups excluding carboxylic acids is 1. The minimum atomic E-state index is -2.96. The summed E-state index contributed by atoms with van der Waals surface area (Å²) in [5.41, 5.74) is 0.129. The number of ketones is 1. The van der Waals surface area contributed by atoms with Crippen molar-refractivity contribution in [3.8, 4) is 5.75 Å². The quantitative estimate of drug-likeness (QED) is 0.289. The lowest BCUT2D eigenvalue weighted by Crippen LogP contribution is -2.08. The molecule has 0 spiro atoms. The predicted octanol–water partition coefficient (Wildman–Crippen LogP) is 5.11. The van der Waals surface area contributed by atoms with Crippen LogP contribution in [0, 0.1) is 0 Å². The van der Waals surface area contributed by atoms with E-state index in [9.17, 15) is 22.4 Å².